The zero-order chi connectivity index (χ0) is 21.3. The first-order chi connectivity index (χ1) is 14.2. The van der Waals surface area contributed by atoms with Crippen LogP contribution in [0.25, 0.3) is 32.9 Å². The van der Waals surface area contributed by atoms with Crippen LogP contribution in [-0.2, 0) is 17.9 Å². The van der Waals surface area contributed by atoms with Crippen LogP contribution in [0, 0.1) is 0 Å². The predicted octanol–water partition coefficient (Wildman–Crippen LogP) is 6.56. The van der Waals surface area contributed by atoms with Crippen LogP contribution in [-0.4, -0.2) is 16.1 Å². The summed E-state index contributed by atoms with van der Waals surface area (Å²) in [5.41, 5.74) is 7.17. The third-order valence-electron chi connectivity index (χ3n) is 7.11. The number of hydrogen-bond acceptors (Lipinski definition) is 2. The Hall–Kier alpha value is -2.94. The minimum atomic E-state index is 0.174. The molecule has 3 nitrogen and oxygen atoms in total. The molecule has 30 heavy (non-hydrogen) atoms. The fraction of sp³-hybridized carbons (Fsp3) is 0.333. The maximum absolute atomic E-state index is 11.0. The van der Waals surface area contributed by atoms with Gasteiger partial charge in [0.15, 0.2) is 0 Å². The summed E-state index contributed by atoms with van der Waals surface area (Å²) in [6.07, 6.45) is 3.29. The van der Waals surface area contributed by atoms with Gasteiger partial charge in [0.05, 0.1) is 5.52 Å². The van der Waals surface area contributed by atoms with E-state index in [4.69, 9.17) is 5.10 Å². The molecule has 5 rings (SSSR count). The van der Waals surface area contributed by atoms with Crippen molar-refractivity contribution in [3.63, 3.8) is 0 Å². The highest BCUT2D eigenvalue weighted by Crippen LogP contribution is 2.47. The monoisotopic (exact) mass is 396 g/mol. The zero-order valence-electron chi connectivity index (χ0n) is 18.4. The molecule has 0 unspecified atom stereocenters. The van der Waals surface area contributed by atoms with Gasteiger partial charge in [-0.1, -0.05) is 64.1 Å². The number of aryl methyl sites for hydroxylation is 1. The van der Waals surface area contributed by atoms with Gasteiger partial charge in [-0.2, -0.15) is 5.10 Å². The predicted molar refractivity (Wildman–Crippen MR) is 124 cm³/mol. The molecular weight excluding hydrogens is 368 g/mol. The van der Waals surface area contributed by atoms with E-state index in [1.165, 1.54) is 40.3 Å². The molecule has 0 fully saturated rings. The fourth-order valence-electron chi connectivity index (χ4n) is 5.10. The van der Waals surface area contributed by atoms with E-state index in [0.29, 0.717) is 5.56 Å². The fourth-order valence-corrected chi connectivity index (χ4v) is 5.10. The Kier molecular flexibility index (Phi) is 3.99. The average molecular weight is 397 g/mol. The molecular formula is C27H28N2O. The van der Waals surface area contributed by atoms with Crippen molar-refractivity contribution in [2.75, 3.05) is 0 Å². The van der Waals surface area contributed by atoms with Crippen LogP contribution in [0.4, 0.5) is 0 Å². The molecule has 0 spiro atoms. The van der Waals surface area contributed by atoms with Gasteiger partial charge in [-0.25, -0.2) is 0 Å². The molecule has 1 aromatic heterocycles. The minimum Gasteiger partial charge on any atom is -0.298 e. The van der Waals surface area contributed by atoms with Gasteiger partial charge in [0, 0.05) is 28.9 Å². The molecule has 0 atom stereocenters. The molecule has 1 heterocycles. The first-order valence-corrected chi connectivity index (χ1v) is 10.7. The number of benzene rings is 3. The molecule has 0 amide bonds. The van der Waals surface area contributed by atoms with Gasteiger partial charge in [0.1, 0.15) is 12.0 Å². The summed E-state index contributed by atoms with van der Waals surface area (Å²) >= 11 is 0. The van der Waals surface area contributed by atoms with E-state index < -0.39 is 0 Å². The lowest BCUT2D eigenvalue weighted by atomic mass is 9.63. The second-order valence-corrected chi connectivity index (χ2v) is 10.1. The standard InChI is InChI=1S/C27H28N2O/c1-26(2)12-13-27(3,4)23-15-21-19(14-22(23)26)10-11-20-24(28-29(5)25(20)21)18-8-6-17(16-30)7-9-18/h6-11,14-16H,12-13H2,1-5H3. The Bertz CT molecular complexity index is 1310. The molecule has 0 bridgehead atoms. The van der Waals surface area contributed by atoms with Gasteiger partial charge in [-0.05, 0) is 52.3 Å². The molecule has 0 saturated heterocycles. The highest BCUT2D eigenvalue weighted by atomic mass is 16.1. The Balaban J connectivity index is 1.80. The maximum atomic E-state index is 11.0. The first-order valence-electron chi connectivity index (χ1n) is 10.7. The molecule has 0 aliphatic heterocycles. The summed E-state index contributed by atoms with van der Waals surface area (Å²) < 4.78 is 2.01. The molecule has 4 aromatic rings. The van der Waals surface area contributed by atoms with Gasteiger partial charge >= 0.3 is 0 Å². The van der Waals surface area contributed by atoms with Crippen molar-refractivity contribution in [1.29, 1.82) is 0 Å². The normalized spacial score (nSPS) is 17.2. The van der Waals surface area contributed by atoms with Crippen molar-refractivity contribution >= 4 is 28.0 Å². The summed E-state index contributed by atoms with van der Waals surface area (Å²) in [5.74, 6) is 0. The largest absolute Gasteiger partial charge is 0.298 e. The minimum absolute atomic E-state index is 0.174. The van der Waals surface area contributed by atoms with Crippen LogP contribution in [0.1, 0.15) is 62.0 Å². The number of rotatable bonds is 2. The van der Waals surface area contributed by atoms with Crippen molar-refractivity contribution in [3.8, 4) is 11.3 Å². The Labute approximate surface area is 177 Å². The molecule has 3 heteroatoms. The molecule has 0 radical (unpaired) electrons. The van der Waals surface area contributed by atoms with E-state index in [2.05, 4.69) is 52.0 Å². The van der Waals surface area contributed by atoms with Crippen LogP contribution in [0.3, 0.4) is 0 Å². The number of carbonyl (C=O) groups is 1. The highest BCUT2D eigenvalue weighted by molar-refractivity contribution is 6.10. The molecule has 0 N–H and O–H groups in total. The molecule has 1 aliphatic rings. The summed E-state index contributed by atoms with van der Waals surface area (Å²) in [4.78, 5) is 11.0. The van der Waals surface area contributed by atoms with Crippen LogP contribution < -0.4 is 0 Å². The number of hydrogen-bond donors (Lipinski definition) is 0. The lowest BCUT2D eigenvalue weighted by Crippen LogP contribution is -2.33. The van der Waals surface area contributed by atoms with Crippen molar-refractivity contribution in [1.82, 2.24) is 9.78 Å². The lowest BCUT2D eigenvalue weighted by molar-refractivity contribution is 0.112. The number of aromatic nitrogens is 2. The second-order valence-electron chi connectivity index (χ2n) is 10.1. The van der Waals surface area contributed by atoms with Gasteiger partial charge in [-0.15, -0.1) is 0 Å². The Morgan fingerprint density at radius 3 is 2.13 bits per heavy atom. The van der Waals surface area contributed by atoms with E-state index in [-0.39, 0.29) is 10.8 Å². The van der Waals surface area contributed by atoms with Crippen LogP contribution in [0.5, 0.6) is 0 Å². The van der Waals surface area contributed by atoms with Crippen molar-refractivity contribution in [2.45, 2.75) is 51.4 Å². The van der Waals surface area contributed by atoms with Crippen molar-refractivity contribution in [2.24, 2.45) is 7.05 Å². The van der Waals surface area contributed by atoms with Crippen LogP contribution >= 0.6 is 0 Å². The van der Waals surface area contributed by atoms with E-state index in [9.17, 15) is 4.79 Å². The van der Waals surface area contributed by atoms with Gasteiger partial charge in [0.2, 0.25) is 0 Å². The van der Waals surface area contributed by atoms with Crippen LogP contribution in [0.15, 0.2) is 48.5 Å². The average Bonchev–Trinajstić information content (AvgIpc) is 3.07. The summed E-state index contributed by atoms with van der Waals surface area (Å²) in [6.45, 7) is 9.49. The van der Waals surface area contributed by atoms with E-state index in [1.54, 1.807) is 0 Å². The Morgan fingerprint density at radius 2 is 1.50 bits per heavy atom. The van der Waals surface area contributed by atoms with Crippen LogP contribution in [0.2, 0.25) is 0 Å². The molecule has 0 saturated carbocycles. The van der Waals surface area contributed by atoms with Gasteiger partial charge < -0.3 is 0 Å². The number of carbonyl (C=O) groups excluding carboxylic acids is 1. The summed E-state index contributed by atoms with van der Waals surface area (Å²) in [5, 5.41) is 8.56. The summed E-state index contributed by atoms with van der Waals surface area (Å²) in [6, 6.07) is 16.9. The highest BCUT2D eigenvalue weighted by Gasteiger charge is 2.37. The third kappa shape index (κ3) is 2.72. The smallest absolute Gasteiger partial charge is 0.150 e. The SMILES string of the molecule is Cn1nc(-c2ccc(C=O)cc2)c2ccc3cc4c(cc3c21)C(C)(C)CCC4(C)C. The first kappa shape index (κ1) is 19.0. The topological polar surface area (TPSA) is 34.9 Å². The number of aldehydes is 1. The van der Waals surface area contributed by atoms with E-state index >= 15 is 0 Å². The van der Waals surface area contributed by atoms with Gasteiger partial charge in [-0.3, -0.25) is 9.48 Å². The quantitative estimate of drug-likeness (QED) is 0.360. The third-order valence-corrected chi connectivity index (χ3v) is 7.11. The molecule has 152 valence electrons. The summed E-state index contributed by atoms with van der Waals surface area (Å²) in [7, 11) is 2.03. The van der Waals surface area contributed by atoms with Crippen molar-refractivity contribution < 1.29 is 4.79 Å². The number of nitrogens with zero attached hydrogens (tertiary/aromatic N) is 2. The molecule has 1 aliphatic carbocycles. The van der Waals surface area contributed by atoms with E-state index in [1.807, 2.05) is 36.0 Å². The lowest BCUT2D eigenvalue weighted by Gasteiger charge is -2.42. The molecule has 3 aromatic carbocycles. The number of fused-ring (bicyclic) bond motifs is 4. The Morgan fingerprint density at radius 1 is 0.867 bits per heavy atom. The van der Waals surface area contributed by atoms with Crippen molar-refractivity contribution in [3.05, 3.63) is 65.2 Å². The zero-order valence-corrected chi connectivity index (χ0v) is 18.4. The maximum Gasteiger partial charge on any atom is 0.150 e. The second kappa shape index (κ2) is 6.28. The van der Waals surface area contributed by atoms with Gasteiger partial charge in [0.25, 0.3) is 0 Å². The van der Waals surface area contributed by atoms with E-state index in [0.717, 1.165) is 22.9 Å².